The Morgan fingerprint density at radius 2 is 2.00 bits per heavy atom. The van der Waals surface area contributed by atoms with Crippen LogP contribution in [0.15, 0.2) is 52.3 Å². The molecular formula is C18H27N5O. The number of hydrogen-bond acceptors (Lipinski definition) is 3. The molecule has 1 aliphatic heterocycles. The summed E-state index contributed by atoms with van der Waals surface area (Å²) in [6, 6.07) is 8.36. The Hall–Kier alpha value is -2.21. The maximum absolute atomic E-state index is 5.66. The van der Waals surface area contributed by atoms with Crippen LogP contribution in [0.1, 0.15) is 24.6 Å². The van der Waals surface area contributed by atoms with E-state index < -0.39 is 0 Å². The number of rotatable bonds is 7. The summed E-state index contributed by atoms with van der Waals surface area (Å²) in [6.07, 6.45) is 8.42. The van der Waals surface area contributed by atoms with E-state index in [2.05, 4.69) is 43.6 Å². The average molecular weight is 329 g/mol. The Morgan fingerprint density at radius 1 is 1.21 bits per heavy atom. The second kappa shape index (κ2) is 8.59. The zero-order chi connectivity index (χ0) is 16.6. The molecule has 2 aromatic rings. The molecule has 0 aromatic carbocycles. The molecule has 1 unspecified atom stereocenters. The van der Waals surface area contributed by atoms with Gasteiger partial charge in [-0.2, -0.15) is 0 Å². The minimum absolute atomic E-state index is 0.255. The maximum atomic E-state index is 5.66. The number of aromatic nitrogens is 1. The molecule has 3 rings (SSSR count). The Labute approximate surface area is 143 Å². The largest absolute Gasteiger partial charge is 0.468 e. The molecule has 2 N–H and O–H groups in total. The molecule has 0 bridgehead atoms. The van der Waals surface area contributed by atoms with Crippen molar-refractivity contribution in [2.24, 2.45) is 4.99 Å². The van der Waals surface area contributed by atoms with Crippen LogP contribution in [0.3, 0.4) is 0 Å². The van der Waals surface area contributed by atoms with Gasteiger partial charge in [0.25, 0.3) is 0 Å². The molecule has 6 nitrogen and oxygen atoms in total. The van der Waals surface area contributed by atoms with Crippen molar-refractivity contribution in [1.82, 2.24) is 20.1 Å². The minimum atomic E-state index is 0.255. The first-order valence-corrected chi connectivity index (χ1v) is 8.69. The highest BCUT2D eigenvalue weighted by Gasteiger charge is 2.25. The number of aliphatic imine (C=N–C) groups is 1. The summed E-state index contributed by atoms with van der Waals surface area (Å²) in [5.41, 5.74) is 0. The topological polar surface area (TPSA) is 57.7 Å². The van der Waals surface area contributed by atoms with Crippen molar-refractivity contribution in [1.29, 1.82) is 0 Å². The van der Waals surface area contributed by atoms with Crippen LogP contribution in [0.25, 0.3) is 0 Å². The van der Waals surface area contributed by atoms with Crippen molar-refractivity contribution < 1.29 is 4.42 Å². The molecule has 0 aliphatic carbocycles. The van der Waals surface area contributed by atoms with Gasteiger partial charge >= 0.3 is 0 Å². The molecule has 1 atom stereocenters. The second-order valence-corrected chi connectivity index (χ2v) is 6.08. The molecular weight excluding hydrogens is 302 g/mol. The SMILES string of the molecule is CN=C(NCCn1cccc1)NCC(c1ccco1)N1CCCC1. The molecule has 0 saturated carbocycles. The zero-order valence-corrected chi connectivity index (χ0v) is 14.3. The smallest absolute Gasteiger partial charge is 0.191 e. The van der Waals surface area contributed by atoms with Crippen molar-refractivity contribution in [2.45, 2.75) is 25.4 Å². The highest BCUT2D eigenvalue weighted by atomic mass is 16.3. The van der Waals surface area contributed by atoms with Crippen LogP contribution in [0.4, 0.5) is 0 Å². The van der Waals surface area contributed by atoms with E-state index in [0.29, 0.717) is 0 Å². The van der Waals surface area contributed by atoms with Gasteiger partial charge in [0.15, 0.2) is 5.96 Å². The standard InChI is InChI=1S/C18H27N5O/c1-19-18(20-8-13-22-9-2-3-10-22)21-15-16(17-7-6-14-24-17)23-11-4-5-12-23/h2-3,6-7,9-10,14,16H,4-5,8,11-13,15H2,1H3,(H2,19,20,21). The fourth-order valence-corrected chi connectivity index (χ4v) is 3.18. The molecule has 24 heavy (non-hydrogen) atoms. The molecule has 6 heteroatoms. The summed E-state index contributed by atoms with van der Waals surface area (Å²) < 4.78 is 7.81. The van der Waals surface area contributed by atoms with E-state index in [9.17, 15) is 0 Å². The highest BCUT2D eigenvalue weighted by Crippen LogP contribution is 2.24. The lowest BCUT2D eigenvalue weighted by atomic mass is 10.2. The van der Waals surface area contributed by atoms with E-state index in [1.807, 2.05) is 25.2 Å². The van der Waals surface area contributed by atoms with Crippen molar-refractivity contribution in [3.05, 3.63) is 48.7 Å². The number of nitrogens with zero attached hydrogens (tertiary/aromatic N) is 3. The van der Waals surface area contributed by atoms with Crippen LogP contribution in [-0.2, 0) is 6.54 Å². The quantitative estimate of drug-likeness (QED) is 0.603. The van der Waals surface area contributed by atoms with Gasteiger partial charge < -0.3 is 19.6 Å². The van der Waals surface area contributed by atoms with Gasteiger partial charge in [-0.1, -0.05) is 0 Å². The van der Waals surface area contributed by atoms with E-state index >= 15 is 0 Å². The summed E-state index contributed by atoms with van der Waals surface area (Å²) in [5, 5.41) is 6.81. The van der Waals surface area contributed by atoms with Gasteiger partial charge in [-0.05, 0) is 50.2 Å². The summed E-state index contributed by atoms with van der Waals surface area (Å²) in [7, 11) is 1.81. The number of nitrogens with one attached hydrogen (secondary N) is 2. The summed E-state index contributed by atoms with van der Waals surface area (Å²) >= 11 is 0. The molecule has 0 spiro atoms. The fraction of sp³-hybridized carbons (Fsp3) is 0.500. The van der Waals surface area contributed by atoms with Gasteiger partial charge in [-0.3, -0.25) is 9.89 Å². The van der Waals surface area contributed by atoms with Gasteiger partial charge in [-0.25, -0.2) is 0 Å². The first-order valence-electron chi connectivity index (χ1n) is 8.69. The highest BCUT2D eigenvalue weighted by molar-refractivity contribution is 5.79. The molecule has 2 aromatic heterocycles. The first-order chi connectivity index (χ1) is 11.9. The van der Waals surface area contributed by atoms with E-state index in [1.54, 1.807) is 6.26 Å². The summed E-state index contributed by atoms with van der Waals surface area (Å²) in [4.78, 5) is 6.81. The van der Waals surface area contributed by atoms with Crippen molar-refractivity contribution in [3.63, 3.8) is 0 Å². The molecule has 3 heterocycles. The normalized spacial score (nSPS) is 17.1. The van der Waals surface area contributed by atoms with Gasteiger partial charge in [-0.15, -0.1) is 0 Å². The second-order valence-electron chi connectivity index (χ2n) is 6.08. The Balaban J connectivity index is 1.50. The van der Waals surface area contributed by atoms with Crippen molar-refractivity contribution in [2.75, 3.05) is 33.2 Å². The first kappa shape index (κ1) is 16.6. The fourth-order valence-electron chi connectivity index (χ4n) is 3.18. The van der Waals surface area contributed by atoms with Crippen molar-refractivity contribution in [3.8, 4) is 0 Å². The number of furan rings is 1. The lowest BCUT2D eigenvalue weighted by Crippen LogP contribution is -2.43. The minimum Gasteiger partial charge on any atom is -0.468 e. The average Bonchev–Trinajstić information content (AvgIpc) is 3.35. The van der Waals surface area contributed by atoms with E-state index in [1.165, 1.54) is 12.8 Å². The number of guanidine groups is 1. The third kappa shape index (κ3) is 4.41. The van der Waals surface area contributed by atoms with Crippen LogP contribution >= 0.6 is 0 Å². The van der Waals surface area contributed by atoms with Crippen LogP contribution in [0.5, 0.6) is 0 Å². The molecule has 0 amide bonds. The van der Waals surface area contributed by atoms with E-state index in [4.69, 9.17) is 4.42 Å². The molecule has 130 valence electrons. The van der Waals surface area contributed by atoms with Gasteiger partial charge in [0.2, 0.25) is 0 Å². The van der Waals surface area contributed by atoms with Crippen LogP contribution in [0, 0.1) is 0 Å². The Kier molecular flexibility index (Phi) is 5.96. The Morgan fingerprint density at radius 3 is 2.67 bits per heavy atom. The predicted molar refractivity (Wildman–Crippen MR) is 96.1 cm³/mol. The summed E-state index contributed by atoms with van der Waals surface area (Å²) in [5.74, 6) is 1.85. The summed E-state index contributed by atoms with van der Waals surface area (Å²) in [6.45, 7) is 4.81. The zero-order valence-electron chi connectivity index (χ0n) is 14.3. The maximum Gasteiger partial charge on any atom is 0.191 e. The van der Waals surface area contributed by atoms with Crippen LogP contribution in [0.2, 0.25) is 0 Å². The lowest BCUT2D eigenvalue weighted by Gasteiger charge is -2.26. The molecule has 1 saturated heterocycles. The molecule has 0 radical (unpaired) electrons. The Bertz CT molecular complexity index is 599. The molecule has 1 aliphatic rings. The third-order valence-electron chi connectivity index (χ3n) is 4.47. The van der Waals surface area contributed by atoms with E-state index in [-0.39, 0.29) is 6.04 Å². The van der Waals surface area contributed by atoms with Crippen LogP contribution in [-0.4, -0.2) is 48.7 Å². The number of hydrogen-bond donors (Lipinski definition) is 2. The van der Waals surface area contributed by atoms with Gasteiger partial charge in [0.05, 0.1) is 12.3 Å². The lowest BCUT2D eigenvalue weighted by molar-refractivity contribution is 0.215. The third-order valence-corrected chi connectivity index (χ3v) is 4.47. The number of likely N-dealkylation sites (tertiary alicyclic amines) is 1. The van der Waals surface area contributed by atoms with Crippen LogP contribution < -0.4 is 10.6 Å². The van der Waals surface area contributed by atoms with Crippen molar-refractivity contribution >= 4 is 5.96 Å². The molecule has 1 fully saturated rings. The van der Waals surface area contributed by atoms with Gasteiger partial charge in [0, 0.05) is 39.1 Å². The van der Waals surface area contributed by atoms with E-state index in [0.717, 1.165) is 44.4 Å². The monoisotopic (exact) mass is 329 g/mol. The predicted octanol–water partition coefficient (Wildman–Crippen LogP) is 2.08. The van der Waals surface area contributed by atoms with Gasteiger partial charge in [0.1, 0.15) is 5.76 Å².